The van der Waals surface area contributed by atoms with Crippen molar-refractivity contribution in [3.8, 4) is 0 Å². The SMILES string of the molecule is CC12CCc3ccsc3C1=NC(=O)O2. The Labute approximate surface area is 85.4 Å². The zero-order valence-electron chi connectivity index (χ0n) is 7.74. The first-order chi connectivity index (χ1) is 6.69. The van der Waals surface area contributed by atoms with Gasteiger partial charge >= 0.3 is 6.09 Å². The summed E-state index contributed by atoms with van der Waals surface area (Å²) in [5.74, 6) is 0. The smallest absolute Gasteiger partial charge is 0.434 e. The largest absolute Gasteiger partial charge is 0.435 e. The van der Waals surface area contributed by atoms with Crippen LogP contribution in [0.2, 0.25) is 0 Å². The lowest BCUT2D eigenvalue weighted by Gasteiger charge is -2.28. The van der Waals surface area contributed by atoms with E-state index in [0.717, 1.165) is 23.4 Å². The van der Waals surface area contributed by atoms with E-state index in [2.05, 4.69) is 11.1 Å². The number of fused-ring (bicyclic) bond motifs is 3. The van der Waals surface area contributed by atoms with Crippen molar-refractivity contribution in [3.63, 3.8) is 0 Å². The Balaban J connectivity index is 2.21. The Kier molecular flexibility index (Phi) is 1.43. The second kappa shape index (κ2) is 2.45. The number of rotatable bonds is 0. The highest BCUT2D eigenvalue weighted by Crippen LogP contribution is 2.38. The van der Waals surface area contributed by atoms with Gasteiger partial charge in [0.25, 0.3) is 0 Å². The minimum atomic E-state index is -0.463. The van der Waals surface area contributed by atoms with E-state index >= 15 is 0 Å². The van der Waals surface area contributed by atoms with E-state index in [0.29, 0.717) is 0 Å². The molecule has 0 N–H and O–H groups in total. The molecule has 0 bridgehead atoms. The molecular weight excluding hydrogens is 198 g/mol. The van der Waals surface area contributed by atoms with Crippen molar-refractivity contribution in [3.05, 3.63) is 21.9 Å². The molecule has 0 spiro atoms. The molecule has 1 aromatic heterocycles. The number of carbonyl (C=O) groups excluding carboxylic acids is 1. The third-order valence-electron chi connectivity index (χ3n) is 2.85. The van der Waals surface area contributed by atoms with Crippen LogP contribution < -0.4 is 0 Å². The monoisotopic (exact) mass is 207 g/mol. The van der Waals surface area contributed by atoms with Gasteiger partial charge in [-0.2, -0.15) is 4.99 Å². The molecule has 0 saturated carbocycles. The molecule has 1 unspecified atom stereocenters. The van der Waals surface area contributed by atoms with Gasteiger partial charge in [-0.1, -0.05) is 0 Å². The van der Waals surface area contributed by atoms with Crippen molar-refractivity contribution in [2.75, 3.05) is 0 Å². The summed E-state index contributed by atoms with van der Waals surface area (Å²) >= 11 is 1.64. The van der Waals surface area contributed by atoms with E-state index in [1.807, 2.05) is 12.3 Å². The fourth-order valence-corrected chi connectivity index (χ4v) is 3.11. The number of aryl methyl sites for hydroxylation is 1. The van der Waals surface area contributed by atoms with Gasteiger partial charge in [0.15, 0.2) is 5.60 Å². The van der Waals surface area contributed by atoms with Crippen molar-refractivity contribution in [1.82, 2.24) is 0 Å². The van der Waals surface area contributed by atoms with Crippen molar-refractivity contribution in [2.45, 2.75) is 25.4 Å². The van der Waals surface area contributed by atoms with Crippen LogP contribution in [0.5, 0.6) is 0 Å². The fraction of sp³-hybridized carbons (Fsp3) is 0.400. The predicted molar refractivity (Wildman–Crippen MR) is 54.1 cm³/mol. The molecule has 0 fully saturated rings. The summed E-state index contributed by atoms with van der Waals surface area (Å²) in [7, 11) is 0. The van der Waals surface area contributed by atoms with E-state index < -0.39 is 11.7 Å². The molecule has 72 valence electrons. The Morgan fingerprint density at radius 1 is 1.64 bits per heavy atom. The minimum absolute atomic E-state index is 0.441. The number of carbonyl (C=O) groups is 1. The maximum Gasteiger partial charge on any atom is 0.434 e. The summed E-state index contributed by atoms with van der Waals surface area (Å²) in [6, 6.07) is 2.10. The number of hydrogen-bond acceptors (Lipinski definition) is 3. The predicted octanol–water partition coefficient (Wildman–Crippen LogP) is 2.39. The standard InChI is InChI=1S/C10H9NO2S/c1-10-4-2-6-3-5-14-7(6)8(10)11-9(12)13-10/h3,5H,2,4H2,1H3. The van der Waals surface area contributed by atoms with Crippen LogP contribution in [-0.2, 0) is 11.2 Å². The maximum absolute atomic E-state index is 11.1. The summed E-state index contributed by atoms with van der Waals surface area (Å²) in [6.07, 6.45) is 1.38. The van der Waals surface area contributed by atoms with Crippen LogP contribution in [0.15, 0.2) is 16.4 Å². The van der Waals surface area contributed by atoms with Gasteiger partial charge in [-0.25, -0.2) is 4.79 Å². The molecular formula is C10H9NO2S. The van der Waals surface area contributed by atoms with Crippen LogP contribution in [-0.4, -0.2) is 17.4 Å². The second-order valence-corrected chi connectivity index (χ2v) is 4.75. The number of aliphatic imine (C=N–C) groups is 1. The molecule has 1 aromatic rings. The van der Waals surface area contributed by atoms with Crippen LogP contribution in [0.1, 0.15) is 23.8 Å². The van der Waals surface area contributed by atoms with Crippen molar-refractivity contribution in [1.29, 1.82) is 0 Å². The van der Waals surface area contributed by atoms with Gasteiger partial charge < -0.3 is 4.74 Å². The van der Waals surface area contributed by atoms with Crippen LogP contribution in [0.25, 0.3) is 0 Å². The second-order valence-electron chi connectivity index (χ2n) is 3.83. The van der Waals surface area contributed by atoms with Gasteiger partial charge in [-0.05, 0) is 36.8 Å². The summed E-state index contributed by atoms with van der Waals surface area (Å²) in [5.41, 5.74) is 1.66. The molecule has 1 amide bonds. The highest BCUT2D eigenvalue weighted by molar-refractivity contribution is 7.12. The summed E-state index contributed by atoms with van der Waals surface area (Å²) in [6.45, 7) is 1.94. The van der Waals surface area contributed by atoms with E-state index in [9.17, 15) is 4.79 Å². The molecule has 2 heterocycles. The molecule has 14 heavy (non-hydrogen) atoms. The average Bonchev–Trinajstić information content (AvgIpc) is 2.66. The first-order valence-corrected chi connectivity index (χ1v) is 5.46. The van der Waals surface area contributed by atoms with Gasteiger partial charge in [0.2, 0.25) is 0 Å². The number of hydrogen-bond donors (Lipinski definition) is 0. The molecule has 0 saturated heterocycles. The molecule has 3 rings (SSSR count). The Morgan fingerprint density at radius 3 is 3.36 bits per heavy atom. The quantitative estimate of drug-likeness (QED) is 0.655. The summed E-state index contributed by atoms with van der Waals surface area (Å²) < 4.78 is 5.24. The topological polar surface area (TPSA) is 38.7 Å². The van der Waals surface area contributed by atoms with Gasteiger partial charge in [-0.3, -0.25) is 0 Å². The number of amides is 1. The van der Waals surface area contributed by atoms with Crippen molar-refractivity contribution >= 4 is 23.1 Å². The van der Waals surface area contributed by atoms with E-state index in [4.69, 9.17) is 4.74 Å². The first-order valence-electron chi connectivity index (χ1n) is 4.58. The third-order valence-corrected chi connectivity index (χ3v) is 3.81. The Morgan fingerprint density at radius 2 is 2.50 bits per heavy atom. The third kappa shape index (κ3) is 0.917. The lowest BCUT2D eigenvalue weighted by atomic mass is 9.85. The molecule has 3 nitrogen and oxygen atoms in total. The highest BCUT2D eigenvalue weighted by atomic mass is 32.1. The number of ether oxygens (including phenoxy) is 1. The van der Waals surface area contributed by atoms with Crippen molar-refractivity contribution in [2.24, 2.45) is 4.99 Å². The minimum Gasteiger partial charge on any atom is -0.435 e. The maximum atomic E-state index is 11.1. The van der Waals surface area contributed by atoms with Crippen LogP contribution >= 0.6 is 11.3 Å². The molecule has 1 aliphatic heterocycles. The molecule has 1 atom stereocenters. The van der Waals surface area contributed by atoms with E-state index in [1.54, 1.807) is 11.3 Å². The van der Waals surface area contributed by atoms with Gasteiger partial charge in [0, 0.05) is 0 Å². The van der Waals surface area contributed by atoms with E-state index in [1.165, 1.54) is 5.56 Å². The summed E-state index contributed by atoms with van der Waals surface area (Å²) in [5, 5.41) is 2.04. The average molecular weight is 207 g/mol. The lowest BCUT2D eigenvalue weighted by Crippen LogP contribution is -2.38. The molecule has 0 aromatic carbocycles. The Hall–Kier alpha value is -1.16. The zero-order valence-corrected chi connectivity index (χ0v) is 8.56. The highest BCUT2D eigenvalue weighted by Gasteiger charge is 2.45. The van der Waals surface area contributed by atoms with Crippen molar-refractivity contribution < 1.29 is 9.53 Å². The van der Waals surface area contributed by atoms with E-state index in [-0.39, 0.29) is 0 Å². The van der Waals surface area contributed by atoms with Crippen LogP contribution in [0.3, 0.4) is 0 Å². The number of thiophene rings is 1. The molecule has 1 aliphatic carbocycles. The zero-order chi connectivity index (χ0) is 9.76. The fourth-order valence-electron chi connectivity index (χ4n) is 2.05. The van der Waals surface area contributed by atoms with Crippen LogP contribution in [0, 0.1) is 0 Å². The lowest BCUT2D eigenvalue weighted by molar-refractivity contribution is 0.0875. The molecule has 0 radical (unpaired) electrons. The molecule has 4 heteroatoms. The Bertz CT molecular complexity index is 449. The molecule has 2 aliphatic rings. The summed E-state index contributed by atoms with van der Waals surface area (Å²) in [4.78, 5) is 16.2. The number of nitrogens with zero attached hydrogens (tertiary/aromatic N) is 1. The van der Waals surface area contributed by atoms with Gasteiger partial charge in [-0.15, -0.1) is 11.3 Å². The normalized spacial score (nSPS) is 29.2. The van der Waals surface area contributed by atoms with Crippen LogP contribution in [0.4, 0.5) is 4.79 Å². The first kappa shape index (κ1) is 8.17. The van der Waals surface area contributed by atoms with Gasteiger partial charge in [0.05, 0.1) is 4.88 Å². The van der Waals surface area contributed by atoms with Gasteiger partial charge in [0.1, 0.15) is 5.71 Å².